The summed E-state index contributed by atoms with van der Waals surface area (Å²) in [6.45, 7) is 3.85. The standard InChI is InChI=1S/C19H27N3O3/c1-3-25-19(24)21(2)15-10-12-22(13-11-15)17-9-8-14-6-4-5-7-16(14)20-18(17)23/h4-7,15,17H,3,8-13H2,1-2H3,(H,20,23)/t17-/m0/s1. The Kier molecular flexibility index (Phi) is 5.58. The Morgan fingerprint density at radius 3 is 2.72 bits per heavy atom. The number of carbonyl (C=O) groups excluding carboxylic acids is 2. The lowest BCUT2D eigenvalue weighted by Crippen LogP contribution is -2.51. The van der Waals surface area contributed by atoms with Crippen LogP contribution in [0.4, 0.5) is 10.5 Å². The first-order valence-corrected chi connectivity index (χ1v) is 9.12. The van der Waals surface area contributed by atoms with Crippen molar-refractivity contribution in [1.29, 1.82) is 0 Å². The Morgan fingerprint density at radius 2 is 2.00 bits per heavy atom. The lowest BCUT2D eigenvalue weighted by molar-refractivity contribution is -0.122. The summed E-state index contributed by atoms with van der Waals surface area (Å²) in [7, 11) is 1.80. The van der Waals surface area contributed by atoms with Crippen molar-refractivity contribution in [2.75, 3.05) is 32.1 Å². The SMILES string of the molecule is CCOC(=O)N(C)C1CCN([C@H]2CCc3ccccc3NC2=O)CC1. The molecule has 0 saturated carbocycles. The van der Waals surface area contributed by atoms with E-state index >= 15 is 0 Å². The minimum atomic E-state index is -0.261. The lowest BCUT2D eigenvalue weighted by Gasteiger charge is -2.39. The van der Waals surface area contributed by atoms with E-state index in [-0.39, 0.29) is 24.1 Å². The number of hydrogen-bond acceptors (Lipinski definition) is 4. The Hall–Kier alpha value is -2.08. The quantitative estimate of drug-likeness (QED) is 0.914. The van der Waals surface area contributed by atoms with Gasteiger partial charge >= 0.3 is 6.09 Å². The molecule has 0 unspecified atom stereocenters. The second-order valence-electron chi connectivity index (χ2n) is 6.78. The minimum Gasteiger partial charge on any atom is -0.450 e. The number of aryl methyl sites for hydroxylation is 1. The summed E-state index contributed by atoms with van der Waals surface area (Å²) in [5, 5.41) is 3.07. The normalized spacial score (nSPS) is 21.8. The minimum absolute atomic E-state index is 0.0853. The van der Waals surface area contributed by atoms with Crippen molar-refractivity contribution >= 4 is 17.7 Å². The van der Waals surface area contributed by atoms with E-state index in [4.69, 9.17) is 4.74 Å². The van der Waals surface area contributed by atoms with E-state index in [1.807, 2.05) is 25.1 Å². The van der Waals surface area contributed by atoms with Gasteiger partial charge in [0.25, 0.3) is 0 Å². The second kappa shape index (κ2) is 7.87. The van der Waals surface area contributed by atoms with Gasteiger partial charge in [0.2, 0.25) is 5.91 Å². The van der Waals surface area contributed by atoms with Crippen molar-refractivity contribution in [3.63, 3.8) is 0 Å². The van der Waals surface area contributed by atoms with Crippen LogP contribution in [0.15, 0.2) is 24.3 Å². The third-order valence-electron chi connectivity index (χ3n) is 5.31. The summed E-state index contributed by atoms with van der Waals surface area (Å²) in [5.74, 6) is 0.0853. The number of benzene rings is 1. The predicted molar refractivity (Wildman–Crippen MR) is 96.6 cm³/mol. The average molecular weight is 345 g/mol. The van der Waals surface area contributed by atoms with E-state index in [0.717, 1.165) is 44.5 Å². The van der Waals surface area contributed by atoms with Crippen molar-refractivity contribution in [2.24, 2.45) is 0 Å². The van der Waals surface area contributed by atoms with Crippen LogP contribution in [-0.4, -0.2) is 60.6 Å². The van der Waals surface area contributed by atoms with E-state index in [0.29, 0.717) is 6.61 Å². The molecule has 2 amide bonds. The number of para-hydroxylation sites is 1. The van der Waals surface area contributed by atoms with Crippen LogP contribution in [0, 0.1) is 0 Å². The fraction of sp³-hybridized carbons (Fsp3) is 0.579. The largest absolute Gasteiger partial charge is 0.450 e. The molecule has 0 spiro atoms. The first-order chi connectivity index (χ1) is 12.1. The van der Waals surface area contributed by atoms with Gasteiger partial charge in [-0.25, -0.2) is 4.79 Å². The first-order valence-electron chi connectivity index (χ1n) is 9.12. The zero-order valence-electron chi connectivity index (χ0n) is 15.0. The van der Waals surface area contributed by atoms with E-state index in [9.17, 15) is 9.59 Å². The monoisotopic (exact) mass is 345 g/mol. The highest BCUT2D eigenvalue weighted by molar-refractivity contribution is 5.96. The third-order valence-corrected chi connectivity index (χ3v) is 5.31. The number of rotatable bonds is 3. The molecule has 25 heavy (non-hydrogen) atoms. The molecule has 1 atom stereocenters. The summed E-state index contributed by atoms with van der Waals surface area (Å²) < 4.78 is 5.08. The zero-order chi connectivity index (χ0) is 17.8. The number of carbonyl (C=O) groups is 2. The highest BCUT2D eigenvalue weighted by Gasteiger charge is 2.33. The second-order valence-corrected chi connectivity index (χ2v) is 6.78. The van der Waals surface area contributed by atoms with Gasteiger partial charge in [0.1, 0.15) is 0 Å². The number of nitrogens with zero attached hydrogens (tertiary/aromatic N) is 2. The van der Waals surface area contributed by atoms with Crippen LogP contribution in [0.3, 0.4) is 0 Å². The molecule has 1 fully saturated rings. The molecule has 0 bridgehead atoms. The maximum Gasteiger partial charge on any atom is 0.409 e. The van der Waals surface area contributed by atoms with Gasteiger partial charge in [-0.05, 0) is 44.2 Å². The molecule has 0 aliphatic carbocycles. The number of likely N-dealkylation sites (tertiary alicyclic amines) is 1. The number of hydrogen-bond donors (Lipinski definition) is 1. The van der Waals surface area contributed by atoms with E-state index < -0.39 is 0 Å². The first kappa shape index (κ1) is 17.7. The van der Waals surface area contributed by atoms with Crippen LogP contribution in [0.2, 0.25) is 0 Å². The maximum absolute atomic E-state index is 12.6. The van der Waals surface area contributed by atoms with Gasteiger partial charge in [-0.2, -0.15) is 0 Å². The molecule has 1 aromatic rings. The van der Waals surface area contributed by atoms with Crippen LogP contribution in [-0.2, 0) is 16.0 Å². The molecule has 2 aliphatic heterocycles. The number of piperidine rings is 1. The van der Waals surface area contributed by atoms with Gasteiger partial charge in [-0.3, -0.25) is 9.69 Å². The van der Waals surface area contributed by atoms with Crippen molar-refractivity contribution in [1.82, 2.24) is 9.80 Å². The molecule has 6 nitrogen and oxygen atoms in total. The molecular formula is C19H27N3O3. The number of anilines is 1. The molecule has 3 rings (SSSR count). The fourth-order valence-corrected chi connectivity index (χ4v) is 3.81. The van der Waals surface area contributed by atoms with Crippen molar-refractivity contribution in [3.05, 3.63) is 29.8 Å². The van der Waals surface area contributed by atoms with Gasteiger partial charge in [0.15, 0.2) is 0 Å². The van der Waals surface area contributed by atoms with Gasteiger partial charge in [0.05, 0.1) is 12.6 Å². The van der Waals surface area contributed by atoms with Crippen LogP contribution in [0.25, 0.3) is 0 Å². The molecular weight excluding hydrogens is 318 g/mol. The summed E-state index contributed by atoms with van der Waals surface area (Å²) >= 11 is 0. The number of nitrogens with one attached hydrogen (secondary N) is 1. The smallest absolute Gasteiger partial charge is 0.409 e. The Morgan fingerprint density at radius 1 is 1.28 bits per heavy atom. The van der Waals surface area contributed by atoms with Crippen LogP contribution in [0.1, 0.15) is 31.7 Å². The van der Waals surface area contributed by atoms with Gasteiger partial charge < -0.3 is 15.0 Å². The Balaban J connectivity index is 1.58. The van der Waals surface area contributed by atoms with Crippen LogP contribution in [0.5, 0.6) is 0 Å². The third kappa shape index (κ3) is 3.95. The lowest BCUT2D eigenvalue weighted by atomic mass is 9.99. The molecule has 0 aromatic heterocycles. The van der Waals surface area contributed by atoms with E-state index in [2.05, 4.69) is 16.3 Å². The van der Waals surface area contributed by atoms with E-state index in [1.165, 1.54) is 5.56 Å². The highest BCUT2D eigenvalue weighted by Crippen LogP contribution is 2.26. The Bertz CT molecular complexity index is 626. The van der Waals surface area contributed by atoms with Gasteiger partial charge in [-0.15, -0.1) is 0 Å². The highest BCUT2D eigenvalue weighted by atomic mass is 16.6. The number of ether oxygens (including phenoxy) is 1. The summed E-state index contributed by atoms with van der Waals surface area (Å²) in [6.07, 6.45) is 3.21. The number of fused-ring (bicyclic) bond motifs is 1. The fourth-order valence-electron chi connectivity index (χ4n) is 3.81. The van der Waals surface area contributed by atoms with Crippen molar-refractivity contribution in [3.8, 4) is 0 Å². The molecule has 136 valence electrons. The van der Waals surface area contributed by atoms with Crippen molar-refractivity contribution in [2.45, 2.75) is 44.7 Å². The maximum atomic E-state index is 12.6. The van der Waals surface area contributed by atoms with Crippen LogP contribution >= 0.6 is 0 Å². The van der Waals surface area contributed by atoms with Crippen molar-refractivity contribution < 1.29 is 14.3 Å². The molecule has 6 heteroatoms. The summed E-state index contributed by atoms with van der Waals surface area (Å²) in [4.78, 5) is 28.5. The molecule has 2 aliphatic rings. The summed E-state index contributed by atoms with van der Waals surface area (Å²) in [6, 6.07) is 8.11. The molecule has 0 radical (unpaired) electrons. The molecule has 1 aromatic carbocycles. The molecule has 1 saturated heterocycles. The number of amides is 2. The zero-order valence-corrected chi connectivity index (χ0v) is 15.0. The predicted octanol–water partition coefficient (Wildman–Crippen LogP) is 2.49. The molecule has 2 heterocycles. The van der Waals surface area contributed by atoms with Crippen LogP contribution < -0.4 is 5.32 Å². The van der Waals surface area contributed by atoms with Gasteiger partial charge in [0, 0.05) is 31.9 Å². The Labute approximate surface area is 149 Å². The average Bonchev–Trinajstić information content (AvgIpc) is 2.79. The van der Waals surface area contributed by atoms with Gasteiger partial charge in [-0.1, -0.05) is 18.2 Å². The van der Waals surface area contributed by atoms with E-state index in [1.54, 1.807) is 11.9 Å². The summed E-state index contributed by atoms with van der Waals surface area (Å²) in [5.41, 5.74) is 2.14. The topological polar surface area (TPSA) is 61.9 Å². The molecule has 1 N–H and O–H groups in total.